The Bertz CT molecular complexity index is 848. The number of amides is 1. The van der Waals surface area contributed by atoms with E-state index in [0.717, 1.165) is 25.7 Å². The second-order valence-electron chi connectivity index (χ2n) is 7.26. The highest BCUT2D eigenvalue weighted by molar-refractivity contribution is 5.94. The van der Waals surface area contributed by atoms with E-state index in [1.807, 2.05) is 11.0 Å². The van der Waals surface area contributed by atoms with E-state index in [9.17, 15) is 9.59 Å². The maximum Gasteiger partial charge on any atom is 0.330 e. The number of imidazole rings is 1. The Kier molecular flexibility index (Phi) is 4.42. The van der Waals surface area contributed by atoms with Crippen LogP contribution in [0, 0.1) is 0 Å². The van der Waals surface area contributed by atoms with Gasteiger partial charge in [-0.1, -0.05) is 6.07 Å². The smallest absolute Gasteiger partial charge is 0.330 e. The van der Waals surface area contributed by atoms with E-state index in [1.165, 1.54) is 4.57 Å². The molecule has 2 aromatic rings. The minimum Gasteiger partial charge on any atom is -0.375 e. The van der Waals surface area contributed by atoms with Crippen molar-refractivity contribution in [2.45, 2.75) is 37.3 Å². The molecule has 7 heteroatoms. The highest BCUT2D eigenvalue weighted by atomic mass is 16.5. The molecular weight excluding hydrogens is 332 g/mol. The molecule has 0 aliphatic carbocycles. The van der Waals surface area contributed by atoms with Crippen molar-refractivity contribution in [2.24, 2.45) is 5.73 Å². The number of nitrogens with zero attached hydrogens (tertiary/aromatic N) is 2. The topological polar surface area (TPSA) is 93.3 Å². The van der Waals surface area contributed by atoms with E-state index in [1.54, 1.807) is 30.6 Å². The number of hydrogen-bond acceptors (Lipinski definition) is 4. The van der Waals surface area contributed by atoms with Crippen molar-refractivity contribution in [3.05, 3.63) is 52.7 Å². The van der Waals surface area contributed by atoms with Crippen molar-refractivity contribution in [3.8, 4) is 5.69 Å². The Morgan fingerprint density at radius 3 is 2.81 bits per heavy atom. The first kappa shape index (κ1) is 17.1. The van der Waals surface area contributed by atoms with Crippen LogP contribution in [0.4, 0.5) is 0 Å². The van der Waals surface area contributed by atoms with E-state index in [0.29, 0.717) is 30.9 Å². The summed E-state index contributed by atoms with van der Waals surface area (Å²) in [7, 11) is 0. The molecule has 2 aliphatic heterocycles. The standard InChI is InChI=1S/C19H24N4O3/c20-15-4-11-26-19(13-15)5-8-22(9-6-19)17(24)14-2-1-3-16(12-14)23-10-7-21-18(23)25/h1-3,7,10,12,15H,4-6,8-9,11,13,20H2,(H,21,25). The van der Waals surface area contributed by atoms with Crippen molar-refractivity contribution >= 4 is 5.91 Å². The summed E-state index contributed by atoms with van der Waals surface area (Å²) >= 11 is 0. The van der Waals surface area contributed by atoms with Gasteiger partial charge in [0.25, 0.3) is 5.91 Å². The van der Waals surface area contributed by atoms with Crippen molar-refractivity contribution in [1.29, 1.82) is 0 Å². The van der Waals surface area contributed by atoms with Gasteiger partial charge in [-0.05, 0) is 43.9 Å². The van der Waals surface area contributed by atoms with Crippen LogP contribution in [0.25, 0.3) is 5.69 Å². The second-order valence-corrected chi connectivity index (χ2v) is 7.26. The molecule has 1 aromatic heterocycles. The first-order valence-corrected chi connectivity index (χ1v) is 9.12. The zero-order valence-electron chi connectivity index (χ0n) is 14.7. The van der Waals surface area contributed by atoms with Crippen LogP contribution in [0.1, 0.15) is 36.0 Å². The van der Waals surface area contributed by atoms with Crippen LogP contribution in [0.3, 0.4) is 0 Å². The van der Waals surface area contributed by atoms with Gasteiger partial charge in [0.15, 0.2) is 0 Å². The van der Waals surface area contributed by atoms with E-state index < -0.39 is 0 Å². The SMILES string of the molecule is NC1CCOC2(CCN(C(=O)c3cccc(-n4cc[nH]c4=O)c3)CC2)C1. The van der Waals surface area contributed by atoms with E-state index in [2.05, 4.69) is 4.98 Å². The van der Waals surface area contributed by atoms with Crippen LogP contribution >= 0.6 is 0 Å². The van der Waals surface area contributed by atoms with Gasteiger partial charge in [0.2, 0.25) is 0 Å². The molecule has 1 aromatic carbocycles. The Morgan fingerprint density at radius 1 is 1.31 bits per heavy atom. The number of rotatable bonds is 2. The maximum absolute atomic E-state index is 12.9. The van der Waals surface area contributed by atoms with Crippen molar-refractivity contribution < 1.29 is 9.53 Å². The zero-order chi connectivity index (χ0) is 18.1. The number of ether oxygens (including phenoxy) is 1. The van der Waals surface area contributed by atoms with Gasteiger partial charge in [0.1, 0.15) is 0 Å². The van der Waals surface area contributed by atoms with Gasteiger partial charge in [-0.3, -0.25) is 9.36 Å². The molecule has 0 bridgehead atoms. The van der Waals surface area contributed by atoms with E-state index in [-0.39, 0.29) is 23.2 Å². The van der Waals surface area contributed by atoms with Gasteiger partial charge in [0.05, 0.1) is 11.3 Å². The molecule has 3 N–H and O–H groups in total. The van der Waals surface area contributed by atoms with Crippen molar-refractivity contribution in [1.82, 2.24) is 14.5 Å². The fourth-order valence-electron chi connectivity index (χ4n) is 4.03. The molecule has 2 fully saturated rings. The van der Waals surface area contributed by atoms with Gasteiger partial charge < -0.3 is 20.4 Å². The summed E-state index contributed by atoms with van der Waals surface area (Å²) in [4.78, 5) is 29.2. The third kappa shape index (κ3) is 3.20. The number of carbonyl (C=O) groups excluding carboxylic acids is 1. The summed E-state index contributed by atoms with van der Waals surface area (Å²) in [6.45, 7) is 2.04. The molecular formula is C19H24N4O3. The predicted octanol–water partition coefficient (Wildman–Crippen LogP) is 1.28. The molecule has 4 rings (SSSR count). The molecule has 1 amide bonds. The number of H-pyrrole nitrogens is 1. The van der Waals surface area contributed by atoms with Gasteiger partial charge >= 0.3 is 5.69 Å². The lowest BCUT2D eigenvalue weighted by molar-refractivity contribution is -0.112. The number of nitrogens with two attached hydrogens (primary N) is 1. The molecule has 26 heavy (non-hydrogen) atoms. The normalized spacial score (nSPS) is 22.5. The first-order valence-electron chi connectivity index (χ1n) is 9.12. The minimum absolute atomic E-state index is 0.00890. The third-order valence-electron chi connectivity index (χ3n) is 5.51. The number of carbonyl (C=O) groups is 1. The van der Waals surface area contributed by atoms with Crippen molar-refractivity contribution in [3.63, 3.8) is 0 Å². The molecule has 0 radical (unpaired) electrons. The van der Waals surface area contributed by atoms with Crippen LogP contribution in [-0.4, -0.2) is 51.7 Å². The Labute approximate surface area is 151 Å². The summed E-state index contributed by atoms with van der Waals surface area (Å²) in [6.07, 6.45) is 6.67. The zero-order valence-corrected chi connectivity index (χ0v) is 14.7. The number of piperidine rings is 1. The van der Waals surface area contributed by atoms with Crippen LogP contribution < -0.4 is 11.4 Å². The molecule has 7 nitrogen and oxygen atoms in total. The van der Waals surface area contributed by atoms with Crippen LogP contribution in [0.2, 0.25) is 0 Å². The van der Waals surface area contributed by atoms with Gasteiger partial charge in [-0.15, -0.1) is 0 Å². The Hall–Kier alpha value is -2.38. The molecule has 3 heterocycles. The molecule has 2 aliphatic rings. The molecule has 2 saturated heterocycles. The summed E-state index contributed by atoms with van der Waals surface area (Å²) < 4.78 is 7.52. The summed E-state index contributed by atoms with van der Waals surface area (Å²) in [5.74, 6) is -0.00890. The van der Waals surface area contributed by atoms with Crippen LogP contribution in [-0.2, 0) is 4.74 Å². The van der Waals surface area contributed by atoms with Crippen LogP contribution in [0.15, 0.2) is 41.5 Å². The average Bonchev–Trinajstić information content (AvgIpc) is 3.08. The number of likely N-dealkylation sites (tertiary alicyclic amines) is 1. The number of aromatic amines is 1. The lowest BCUT2D eigenvalue weighted by atomic mass is 9.82. The quantitative estimate of drug-likeness (QED) is 0.848. The fraction of sp³-hybridized carbons (Fsp3) is 0.474. The minimum atomic E-state index is -0.222. The van der Waals surface area contributed by atoms with Gasteiger partial charge in [-0.25, -0.2) is 4.79 Å². The van der Waals surface area contributed by atoms with Gasteiger partial charge in [-0.2, -0.15) is 0 Å². The first-order chi connectivity index (χ1) is 12.6. The number of hydrogen-bond donors (Lipinski definition) is 2. The van der Waals surface area contributed by atoms with E-state index in [4.69, 9.17) is 10.5 Å². The molecule has 138 valence electrons. The lowest BCUT2D eigenvalue weighted by Gasteiger charge is -2.45. The number of aromatic nitrogens is 2. The van der Waals surface area contributed by atoms with Gasteiger partial charge in [0, 0.05) is 43.7 Å². The molecule has 1 atom stereocenters. The molecule has 1 spiro atoms. The summed E-state index contributed by atoms with van der Waals surface area (Å²) in [5, 5.41) is 0. The predicted molar refractivity (Wildman–Crippen MR) is 97.4 cm³/mol. The van der Waals surface area contributed by atoms with Crippen LogP contribution in [0.5, 0.6) is 0 Å². The molecule has 1 unspecified atom stereocenters. The summed E-state index contributed by atoms with van der Waals surface area (Å²) in [5.41, 5.74) is 7.00. The lowest BCUT2D eigenvalue weighted by Crippen LogP contribution is -2.53. The highest BCUT2D eigenvalue weighted by Gasteiger charge is 2.40. The largest absolute Gasteiger partial charge is 0.375 e. The summed E-state index contributed by atoms with van der Waals surface area (Å²) in [6, 6.07) is 7.36. The number of nitrogens with one attached hydrogen (secondary N) is 1. The maximum atomic E-state index is 12.9. The highest BCUT2D eigenvalue weighted by Crippen LogP contribution is 2.34. The van der Waals surface area contributed by atoms with E-state index >= 15 is 0 Å². The Morgan fingerprint density at radius 2 is 2.12 bits per heavy atom. The fourth-order valence-corrected chi connectivity index (χ4v) is 4.03. The second kappa shape index (κ2) is 6.74. The number of benzene rings is 1. The third-order valence-corrected chi connectivity index (χ3v) is 5.51. The monoisotopic (exact) mass is 356 g/mol. The Balaban J connectivity index is 1.47. The average molecular weight is 356 g/mol. The molecule has 0 saturated carbocycles. The van der Waals surface area contributed by atoms with Crippen molar-refractivity contribution in [2.75, 3.05) is 19.7 Å².